The van der Waals surface area contributed by atoms with Crippen molar-refractivity contribution in [3.63, 3.8) is 0 Å². The molecule has 0 N–H and O–H groups in total. The minimum atomic E-state index is 0.389. The van der Waals surface area contributed by atoms with E-state index in [1.165, 1.54) is 12.8 Å². The van der Waals surface area contributed by atoms with Gasteiger partial charge in [-0.1, -0.05) is 6.92 Å². The van der Waals surface area contributed by atoms with Crippen molar-refractivity contribution in [3.05, 3.63) is 0 Å². The van der Waals surface area contributed by atoms with Crippen LogP contribution in [-0.2, 0) is 4.74 Å². The predicted molar refractivity (Wildman–Crippen MR) is 48.0 cm³/mol. The molecule has 0 bridgehead atoms. The third-order valence-corrected chi connectivity index (χ3v) is 3.28. The van der Waals surface area contributed by atoms with E-state index < -0.39 is 0 Å². The lowest BCUT2D eigenvalue weighted by atomic mass is 9.99. The van der Waals surface area contributed by atoms with E-state index in [4.69, 9.17) is 16.3 Å². The first-order valence-corrected chi connectivity index (χ1v) is 4.91. The van der Waals surface area contributed by atoms with Gasteiger partial charge in [0.05, 0.1) is 0 Å². The lowest BCUT2D eigenvalue weighted by Gasteiger charge is -2.16. The Hall–Kier alpha value is 0.250. The monoisotopic (exact) mass is 176 g/mol. The fourth-order valence-corrected chi connectivity index (χ4v) is 2.03. The fraction of sp³-hybridized carbons (Fsp3) is 1.00. The minimum Gasteiger partial charge on any atom is -0.381 e. The molecule has 0 amide bonds. The molecule has 1 saturated carbocycles. The van der Waals surface area contributed by atoms with Gasteiger partial charge in [-0.3, -0.25) is 0 Å². The Balaban J connectivity index is 2.24. The van der Waals surface area contributed by atoms with Crippen LogP contribution in [0, 0.1) is 11.8 Å². The number of hydrogen-bond donors (Lipinski definition) is 0. The first-order valence-electron chi connectivity index (χ1n) is 4.47. The molecule has 1 aliphatic carbocycles. The summed E-state index contributed by atoms with van der Waals surface area (Å²) >= 11 is 6.08. The maximum Gasteiger partial charge on any atom is 0.0497 e. The first kappa shape index (κ1) is 9.34. The van der Waals surface area contributed by atoms with Gasteiger partial charge < -0.3 is 4.74 Å². The van der Waals surface area contributed by atoms with Crippen LogP contribution in [-0.4, -0.2) is 18.6 Å². The molecular weight excluding hydrogens is 160 g/mol. The quantitative estimate of drug-likeness (QED) is 0.601. The van der Waals surface area contributed by atoms with Crippen molar-refractivity contribution >= 4 is 11.6 Å². The van der Waals surface area contributed by atoms with Gasteiger partial charge in [-0.25, -0.2) is 0 Å². The van der Waals surface area contributed by atoms with Crippen molar-refractivity contribution in [1.82, 2.24) is 0 Å². The Morgan fingerprint density at radius 3 is 2.64 bits per heavy atom. The molecule has 0 aromatic heterocycles. The second-order valence-electron chi connectivity index (χ2n) is 3.37. The van der Waals surface area contributed by atoms with Gasteiger partial charge in [-0.15, -0.1) is 11.6 Å². The van der Waals surface area contributed by atoms with E-state index in [9.17, 15) is 0 Å². The van der Waals surface area contributed by atoms with Gasteiger partial charge in [-0.2, -0.15) is 0 Å². The molecule has 0 saturated heterocycles. The van der Waals surface area contributed by atoms with Crippen molar-refractivity contribution in [1.29, 1.82) is 0 Å². The lowest BCUT2D eigenvalue weighted by Crippen LogP contribution is -2.16. The summed E-state index contributed by atoms with van der Waals surface area (Å²) in [6.07, 6.45) is 2.41. The summed E-state index contributed by atoms with van der Waals surface area (Å²) in [6, 6.07) is 0. The van der Waals surface area contributed by atoms with Crippen LogP contribution in [0.1, 0.15) is 26.7 Å². The molecule has 0 aromatic carbocycles. The minimum absolute atomic E-state index is 0.389. The first-order chi connectivity index (χ1) is 5.25. The molecule has 2 heteroatoms. The highest BCUT2D eigenvalue weighted by atomic mass is 35.5. The topological polar surface area (TPSA) is 9.23 Å². The molecule has 11 heavy (non-hydrogen) atoms. The second kappa shape index (κ2) is 4.32. The number of rotatable bonds is 3. The smallest absolute Gasteiger partial charge is 0.0497 e. The molecular formula is C9H17ClO. The highest BCUT2D eigenvalue weighted by molar-refractivity contribution is 6.20. The van der Waals surface area contributed by atoms with Gasteiger partial charge in [0.2, 0.25) is 0 Å². The van der Waals surface area contributed by atoms with E-state index in [2.05, 4.69) is 6.92 Å². The predicted octanol–water partition coefficient (Wildman–Crippen LogP) is 2.68. The second-order valence-corrected chi connectivity index (χ2v) is 3.93. The van der Waals surface area contributed by atoms with Gasteiger partial charge in [0.25, 0.3) is 0 Å². The molecule has 1 aliphatic rings. The van der Waals surface area contributed by atoms with Gasteiger partial charge in [0.1, 0.15) is 0 Å². The van der Waals surface area contributed by atoms with E-state index in [-0.39, 0.29) is 0 Å². The largest absolute Gasteiger partial charge is 0.381 e. The van der Waals surface area contributed by atoms with E-state index in [0.29, 0.717) is 17.2 Å². The van der Waals surface area contributed by atoms with Crippen LogP contribution in [0.4, 0.5) is 0 Å². The van der Waals surface area contributed by atoms with Crippen LogP contribution in [0.2, 0.25) is 0 Å². The Labute approximate surface area is 74.1 Å². The van der Waals surface area contributed by atoms with Gasteiger partial charge in [0.15, 0.2) is 0 Å². The van der Waals surface area contributed by atoms with E-state index in [1.807, 2.05) is 6.92 Å². The molecule has 1 fully saturated rings. The zero-order valence-electron chi connectivity index (χ0n) is 7.35. The number of alkyl halides is 1. The number of halogens is 1. The normalized spacial score (nSPS) is 37.9. The molecule has 0 aromatic rings. The van der Waals surface area contributed by atoms with Crippen LogP contribution < -0.4 is 0 Å². The van der Waals surface area contributed by atoms with Crippen LogP contribution >= 0.6 is 11.6 Å². The van der Waals surface area contributed by atoms with Crippen molar-refractivity contribution in [2.75, 3.05) is 13.2 Å². The summed E-state index contributed by atoms with van der Waals surface area (Å²) < 4.78 is 5.38. The maximum atomic E-state index is 6.08. The van der Waals surface area contributed by atoms with Crippen LogP contribution in [0.15, 0.2) is 0 Å². The standard InChI is InChI=1S/C9H17ClO/c1-3-11-6-8-4-5-9(10)7(8)2/h7-9H,3-6H2,1-2H3. The fourth-order valence-electron chi connectivity index (χ4n) is 1.70. The lowest BCUT2D eigenvalue weighted by molar-refractivity contribution is 0.0988. The Morgan fingerprint density at radius 2 is 2.18 bits per heavy atom. The molecule has 0 heterocycles. The molecule has 1 nitrogen and oxygen atoms in total. The summed E-state index contributed by atoms with van der Waals surface area (Å²) in [5, 5.41) is 0.389. The van der Waals surface area contributed by atoms with E-state index in [1.54, 1.807) is 0 Å². The molecule has 0 aliphatic heterocycles. The van der Waals surface area contributed by atoms with Gasteiger partial charge >= 0.3 is 0 Å². The van der Waals surface area contributed by atoms with Crippen molar-refractivity contribution in [2.45, 2.75) is 32.1 Å². The van der Waals surface area contributed by atoms with Crippen molar-refractivity contribution in [2.24, 2.45) is 11.8 Å². The van der Waals surface area contributed by atoms with Gasteiger partial charge in [0, 0.05) is 18.6 Å². The highest BCUT2D eigenvalue weighted by Gasteiger charge is 2.30. The van der Waals surface area contributed by atoms with Crippen LogP contribution in [0.5, 0.6) is 0 Å². The zero-order valence-corrected chi connectivity index (χ0v) is 8.10. The van der Waals surface area contributed by atoms with Crippen molar-refractivity contribution < 1.29 is 4.74 Å². The van der Waals surface area contributed by atoms with Gasteiger partial charge in [-0.05, 0) is 31.6 Å². The zero-order chi connectivity index (χ0) is 8.27. The summed E-state index contributed by atoms with van der Waals surface area (Å²) in [6.45, 7) is 6.00. The molecule has 3 atom stereocenters. The van der Waals surface area contributed by atoms with Crippen LogP contribution in [0.3, 0.4) is 0 Å². The molecule has 0 radical (unpaired) electrons. The Kier molecular flexibility index (Phi) is 3.67. The average Bonchev–Trinajstić information content (AvgIpc) is 2.31. The van der Waals surface area contributed by atoms with Crippen molar-refractivity contribution in [3.8, 4) is 0 Å². The highest BCUT2D eigenvalue weighted by Crippen LogP contribution is 2.35. The summed E-state index contributed by atoms with van der Waals surface area (Å²) in [5.74, 6) is 1.35. The Bertz CT molecular complexity index is 116. The third kappa shape index (κ3) is 2.34. The Morgan fingerprint density at radius 1 is 1.45 bits per heavy atom. The molecule has 0 spiro atoms. The average molecular weight is 177 g/mol. The third-order valence-electron chi connectivity index (χ3n) is 2.66. The van der Waals surface area contributed by atoms with E-state index >= 15 is 0 Å². The molecule has 66 valence electrons. The summed E-state index contributed by atoms with van der Waals surface area (Å²) in [7, 11) is 0. The van der Waals surface area contributed by atoms with Crippen LogP contribution in [0.25, 0.3) is 0 Å². The van der Waals surface area contributed by atoms with E-state index in [0.717, 1.165) is 13.2 Å². The SMILES string of the molecule is CCOCC1CCC(Cl)C1C. The summed E-state index contributed by atoms with van der Waals surface area (Å²) in [4.78, 5) is 0. The molecule has 1 rings (SSSR count). The molecule has 3 unspecified atom stereocenters. The maximum absolute atomic E-state index is 6.08. The number of ether oxygens (including phenoxy) is 1. The number of hydrogen-bond acceptors (Lipinski definition) is 1. The summed E-state index contributed by atoms with van der Waals surface area (Å²) in [5.41, 5.74) is 0.